The number of aromatic nitrogens is 2. The summed E-state index contributed by atoms with van der Waals surface area (Å²) in [6.45, 7) is 5.86. The Kier molecular flexibility index (Phi) is 5.43. The van der Waals surface area contributed by atoms with Crippen molar-refractivity contribution < 1.29 is 8.42 Å². The molecule has 7 nitrogen and oxygen atoms in total. The minimum absolute atomic E-state index is 0.115. The molecule has 2 aromatic rings. The van der Waals surface area contributed by atoms with Crippen LogP contribution >= 0.6 is 0 Å². The Morgan fingerprint density at radius 3 is 2.42 bits per heavy atom. The largest absolute Gasteiger partial charge is 0.354 e. The van der Waals surface area contributed by atoms with E-state index in [1.165, 1.54) is 10.7 Å². The summed E-state index contributed by atoms with van der Waals surface area (Å²) < 4.78 is 27.1. The van der Waals surface area contributed by atoms with Gasteiger partial charge in [-0.3, -0.25) is 4.79 Å². The topological polar surface area (TPSA) is 75.5 Å². The third kappa shape index (κ3) is 3.96. The van der Waals surface area contributed by atoms with Crippen LogP contribution < -0.4 is 10.5 Å². The fraction of sp³-hybridized carbons (Fsp3) is 0.444. The summed E-state index contributed by atoms with van der Waals surface area (Å²) in [6, 6.07) is 10.8. The van der Waals surface area contributed by atoms with E-state index in [4.69, 9.17) is 0 Å². The van der Waals surface area contributed by atoms with Gasteiger partial charge in [-0.15, -0.1) is 5.10 Å². The van der Waals surface area contributed by atoms with E-state index >= 15 is 0 Å². The summed E-state index contributed by atoms with van der Waals surface area (Å²) in [6.07, 6.45) is 0.727. The highest BCUT2D eigenvalue weighted by Crippen LogP contribution is 2.15. The number of hydrogen-bond acceptors (Lipinski definition) is 5. The zero-order valence-electron chi connectivity index (χ0n) is 15.1. The first-order chi connectivity index (χ1) is 12.4. The minimum Gasteiger partial charge on any atom is -0.354 e. The van der Waals surface area contributed by atoms with E-state index in [-0.39, 0.29) is 11.3 Å². The lowest BCUT2D eigenvalue weighted by Crippen LogP contribution is -2.36. The first-order valence-electron chi connectivity index (χ1n) is 8.81. The Hall–Kier alpha value is -2.19. The maximum Gasteiger partial charge on any atom is 0.271 e. The van der Waals surface area contributed by atoms with Gasteiger partial charge < -0.3 is 4.90 Å². The van der Waals surface area contributed by atoms with Gasteiger partial charge in [-0.1, -0.05) is 17.7 Å². The summed E-state index contributed by atoms with van der Waals surface area (Å²) in [5.41, 5.74) is 1.64. The van der Waals surface area contributed by atoms with Gasteiger partial charge in [0.2, 0.25) is 10.0 Å². The molecule has 1 aliphatic rings. The molecular formula is C18H24N4O3S. The van der Waals surface area contributed by atoms with Crippen LogP contribution in [0.3, 0.4) is 0 Å². The standard InChI is InChI=1S/C18H24N4O3S/c1-3-26(24,25)21-12-4-11-20(13-14-21)17-9-10-18(23)22(19-17)16-7-5-15(2)6-8-16/h5-10H,3-4,11-14H2,1-2H3. The van der Waals surface area contributed by atoms with Gasteiger partial charge in [-0.25, -0.2) is 12.7 Å². The molecule has 0 atom stereocenters. The number of aryl methyl sites for hydroxylation is 1. The Labute approximate surface area is 153 Å². The van der Waals surface area contributed by atoms with Gasteiger partial charge in [0, 0.05) is 32.2 Å². The predicted octanol–water partition coefficient (Wildman–Crippen LogP) is 1.40. The highest BCUT2D eigenvalue weighted by atomic mass is 32.2. The van der Waals surface area contributed by atoms with Crippen molar-refractivity contribution in [1.82, 2.24) is 14.1 Å². The van der Waals surface area contributed by atoms with Crippen molar-refractivity contribution >= 4 is 15.8 Å². The molecule has 1 aromatic heterocycles. The first kappa shape index (κ1) is 18.6. The van der Waals surface area contributed by atoms with Gasteiger partial charge in [-0.2, -0.15) is 4.68 Å². The maximum atomic E-state index is 12.2. The van der Waals surface area contributed by atoms with E-state index < -0.39 is 10.0 Å². The molecule has 3 rings (SSSR count). The van der Waals surface area contributed by atoms with Crippen molar-refractivity contribution in [3.05, 3.63) is 52.3 Å². The van der Waals surface area contributed by atoms with Crippen LogP contribution in [0.25, 0.3) is 5.69 Å². The van der Waals surface area contributed by atoms with Crippen molar-refractivity contribution in [2.45, 2.75) is 20.3 Å². The third-order valence-electron chi connectivity index (χ3n) is 4.60. The molecule has 8 heteroatoms. The van der Waals surface area contributed by atoms with Crippen LogP contribution in [0, 0.1) is 6.92 Å². The number of rotatable bonds is 4. The zero-order valence-corrected chi connectivity index (χ0v) is 15.9. The van der Waals surface area contributed by atoms with Gasteiger partial charge in [0.15, 0.2) is 0 Å². The zero-order chi connectivity index (χ0) is 18.7. The van der Waals surface area contributed by atoms with E-state index in [9.17, 15) is 13.2 Å². The molecule has 0 saturated carbocycles. The van der Waals surface area contributed by atoms with Crippen LogP contribution in [-0.4, -0.2) is 54.4 Å². The van der Waals surface area contributed by atoms with Gasteiger partial charge in [0.25, 0.3) is 5.56 Å². The SMILES string of the molecule is CCS(=O)(=O)N1CCCN(c2ccc(=O)n(-c3ccc(C)cc3)n2)CC1. The maximum absolute atomic E-state index is 12.2. The second-order valence-electron chi connectivity index (χ2n) is 6.42. The minimum atomic E-state index is -3.18. The molecule has 1 saturated heterocycles. The molecule has 0 bridgehead atoms. The molecule has 1 aromatic carbocycles. The van der Waals surface area contributed by atoms with Crippen LogP contribution in [0.2, 0.25) is 0 Å². The monoisotopic (exact) mass is 376 g/mol. The molecule has 0 radical (unpaired) electrons. The molecule has 1 fully saturated rings. The van der Waals surface area contributed by atoms with Crippen molar-refractivity contribution in [1.29, 1.82) is 0 Å². The Morgan fingerprint density at radius 2 is 1.73 bits per heavy atom. The summed E-state index contributed by atoms with van der Waals surface area (Å²) in [5, 5.41) is 4.51. The Balaban J connectivity index is 1.85. The highest BCUT2D eigenvalue weighted by molar-refractivity contribution is 7.89. The molecule has 0 amide bonds. The third-order valence-corrected chi connectivity index (χ3v) is 6.48. The molecule has 140 valence electrons. The highest BCUT2D eigenvalue weighted by Gasteiger charge is 2.24. The molecule has 0 aliphatic carbocycles. The molecular weight excluding hydrogens is 352 g/mol. The van der Waals surface area contributed by atoms with Crippen LogP contribution in [0.4, 0.5) is 5.82 Å². The van der Waals surface area contributed by atoms with E-state index in [1.54, 1.807) is 17.3 Å². The fourth-order valence-corrected chi connectivity index (χ4v) is 4.16. The van der Waals surface area contributed by atoms with Crippen molar-refractivity contribution in [3.63, 3.8) is 0 Å². The molecule has 0 N–H and O–H groups in total. The summed E-state index contributed by atoms with van der Waals surface area (Å²) in [5.74, 6) is 0.796. The lowest BCUT2D eigenvalue weighted by Gasteiger charge is -2.22. The van der Waals surface area contributed by atoms with Gasteiger partial charge in [0.05, 0.1) is 11.4 Å². The molecule has 0 spiro atoms. The molecule has 1 aliphatic heterocycles. The number of nitrogens with zero attached hydrogens (tertiary/aromatic N) is 4. The Morgan fingerprint density at radius 1 is 1.00 bits per heavy atom. The van der Waals surface area contributed by atoms with Gasteiger partial charge >= 0.3 is 0 Å². The van der Waals surface area contributed by atoms with Crippen LogP contribution in [0.5, 0.6) is 0 Å². The summed E-state index contributed by atoms with van der Waals surface area (Å²) in [7, 11) is -3.18. The first-order valence-corrected chi connectivity index (χ1v) is 10.4. The van der Waals surface area contributed by atoms with Crippen molar-refractivity contribution in [3.8, 4) is 5.69 Å². The van der Waals surface area contributed by atoms with Crippen molar-refractivity contribution in [2.24, 2.45) is 0 Å². The van der Waals surface area contributed by atoms with Crippen molar-refractivity contribution in [2.75, 3.05) is 36.8 Å². The summed E-state index contributed by atoms with van der Waals surface area (Å²) >= 11 is 0. The normalized spacial score (nSPS) is 16.5. The number of hydrogen-bond donors (Lipinski definition) is 0. The Bertz CT molecular complexity index is 922. The molecule has 26 heavy (non-hydrogen) atoms. The van der Waals surface area contributed by atoms with E-state index in [2.05, 4.69) is 5.10 Å². The van der Waals surface area contributed by atoms with Crippen LogP contribution in [0.15, 0.2) is 41.2 Å². The average molecular weight is 376 g/mol. The quantitative estimate of drug-likeness (QED) is 0.806. The second-order valence-corrected chi connectivity index (χ2v) is 8.67. The van der Waals surface area contributed by atoms with Crippen LogP contribution in [0.1, 0.15) is 18.9 Å². The fourth-order valence-electron chi connectivity index (χ4n) is 3.02. The second kappa shape index (κ2) is 7.59. The van der Waals surface area contributed by atoms with E-state index in [1.807, 2.05) is 36.1 Å². The number of sulfonamides is 1. The van der Waals surface area contributed by atoms with E-state index in [0.717, 1.165) is 12.0 Å². The lowest BCUT2D eigenvalue weighted by molar-refractivity contribution is 0.434. The molecule has 0 unspecified atom stereocenters. The summed E-state index contributed by atoms with van der Waals surface area (Å²) in [4.78, 5) is 14.3. The smallest absolute Gasteiger partial charge is 0.271 e. The van der Waals surface area contributed by atoms with Gasteiger partial charge in [-0.05, 0) is 38.5 Å². The number of anilines is 1. The molecule has 2 heterocycles. The van der Waals surface area contributed by atoms with Gasteiger partial charge in [0.1, 0.15) is 5.82 Å². The number of benzene rings is 1. The lowest BCUT2D eigenvalue weighted by atomic mass is 10.2. The van der Waals surface area contributed by atoms with E-state index in [0.29, 0.717) is 37.7 Å². The predicted molar refractivity (Wildman–Crippen MR) is 102 cm³/mol. The average Bonchev–Trinajstić information content (AvgIpc) is 2.90. The van der Waals surface area contributed by atoms with Crippen LogP contribution in [-0.2, 0) is 10.0 Å².